The van der Waals surface area contributed by atoms with Crippen molar-refractivity contribution in [3.63, 3.8) is 0 Å². The lowest BCUT2D eigenvalue weighted by atomic mass is 10.0. The van der Waals surface area contributed by atoms with E-state index in [2.05, 4.69) is 25.3 Å². The van der Waals surface area contributed by atoms with Gasteiger partial charge in [-0.15, -0.1) is 0 Å². The third kappa shape index (κ3) is 6.64. The van der Waals surface area contributed by atoms with Gasteiger partial charge in [0, 0.05) is 32.2 Å². The largest absolute Gasteiger partial charge is 0.337 e. The summed E-state index contributed by atoms with van der Waals surface area (Å²) in [5.74, 6) is 0.0845. The summed E-state index contributed by atoms with van der Waals surface area (Å²) in [7, 11) is 0. The lowest BCUT2D eigenvalue weighted by Crippen LogP contribution is -2.51. The number of hydrogen-bond donors (Lipinski definition) is 0. The van der Waals surface area contributed by atoms with Gasteiger partial charge in [0.25, 0.3) is 0 Å². The molecule has 0 aliphatic carbocycles. The Morgan fingerprint density at radius 3 is 2.24 bits per heavy atom. The maximum Gasteiger partial charge on any atom is 0.246 e. The minimum Gasteiger partial charge on any atom is -0.337 e. The summed E-state index contributed by atoms with van der Waals surface area (Å²) in [5.41, 5.74) is 0. The summed E-state index contributed by atoms with van der Waals surface area (Å²) in [5, 5.41) is 0. The molecule has 21 heavy (non-hydrogen) atoms. The van der Waals surface area contributed by atoms with Crippen LogP contribution in [0, 0.1) is 0 Å². The fourth-order valence-corrected chi connectivity index (χ4v) is 3.26. The van der Waals surface area contributed by atoms with Crippen molar-refractivity contribution in [1.82, 2.24) is 9.80 Å². The normalized spacial score (nSPS) is 17.7. The smallest absolute Gasteiger partial charge is 0.246 e. The van der Waals surface area contributed by atoms with Gasteiger partial charge in [-0.25, -0.2) is 0 Å². The van der Waals surface area contributed by atoms with Crippen molar-refractivity contribution in [3.05, 3.63) is 12.7 Å². The fourth-order valence-electron chi connectivity index (χ4n) is 3.26. The minimum absolute atomic E-state index is 0.0845. The molecule has 0 N–H and O–H groups in total. The number of piperazine rings is 1. The highest BCUT2D eigenvalue weighted by molar-refractivity contribution is 5.87. The van der Waals surface area contributed by atoms with Gasteiger partial charge in [-0.3, -0.25) is 9.69 Å². The number of amides is 1. The average molecular weight is 294 g/mol. The van der Waals surface area contributed by atoms with Gasteiger partial charge in [-0.2, -0.15) is 0 Å². The van der Waals surface area contributed by atoms with E-state index in [-0.39, 0.29) is 5.91 Å². The van der Waals surface area contributed by atoms with E-state index in [9.17, 15) is 4.79 Å². The first-order valence-electron chi connectivity index (χ1n) is 8.88. The predicted octanol–water partition coefficient (Wildman–Crippen LogP) is 3.85. The highest BCUT2D eigenvalue weighted by Crippen LogP contribution is 2.18. The van der Waals surface area contributed by atoms with Gasteiger partial charge in [-0.1, -0.05) is 59.0 Å². The zero-order chi connectivity index (χ0) is 15.5. The van der Waals surface area contributed by atoms with Gasteiger partial charge in [0.1, 0.15) is 0 Å². The molecule has 0 radical (unpaired) electrons. The molecule has 122 valence electrons. The lowest BCUT2D eigenvalue weighted by Gasteiger charge is -2.39. The monoisotopic (exact) mass is 294 g/mol. The zero-order valence-electron chi connectivity index (χ0n) is 14.1. The van der Waals surface area contributed by atoms with E-state index in [1.807, 2.05) is 4.90 Å². The standard InChI is InChI=1S/C18H34N2O/c1-4-7-8-9-10-12-17(11-5-2)19-13-15-20(16-14-19)18(21)6-3/h6,17H,3-5,7-16H2,1-2H3. The highest BCUT2D eigenvalue weighted by Gasteiger charge is 2.24. The van der Waals surface area contributed by atoms with Crippen LogP contribution < -0.4 is 0 Å². The molecule has 1 atom stereocenters. The second-order valence-electron chi connectivity index (χ2n) is 6.21. The zero-order valence-corrected chi connectivity index (χ0v) is 14.1. The molecule has 1 saturated heterocycles. The summed E-state index contributed by atoms with van der Waals surface area (Å²) in [6, 6.07) is 0.720. The number of carbonyl (C=O) groups is 1. The number of carbonyl (C=O) groups excluding carboxylic acids is 1. The molecule has 1 aliphatic heterocycles. The van der Waals surface area contributed by atoms with Gasteiger partial charge in [0.2, 0.25) is 5.91 Å². The molecule has 0 saturated carbocycles. The van der Waals surface area contributed by atoms with Crippen molar-refractivity contribution < 1.29 is 4.79 Å². The van der Waals surface area contributed by atoms with Gasteiger partial charge in [0.05, 0.1) is 0 Å². The number of hydrogen-bond acceptors (Lipinski definition) is 2. The van der Waals surface area contributed by atoms with Crippen LogP contribution in [0.5, 0.6) is 0 Å². The van der Waals surface area contributed by atoms with Crippen LogP contribution in [0.4, 0.5) is 0 Å². The Morgan fingerprint density at radius 2 is 1.67 bits per heavy atom. The molecule has 1 aliphatic rings. The number of nitrogens with zero attached hydrogens (tertiary/aromatic N) is 2. The summed E-state index contributed by atoms with van der Waals surface area (Å²) in [6.45, 7) is 11.9. The summed E-state index contributed by atoms with van der Waals surface area (Å²) >= 11 is 0. The van der Waals surface area contributed by atoms with Crippen LogP contribution in [-0.2, 0) is 4.79 Å². The first-order valence-corrected chi connectivity index (χ1v) is 8.88. The third-order valence-electron chi connectivity index (χ3n) is 4.58. The van der Waals surface area contributed by atoms with Crippen LogP contribution >= 0.6 is 0 Å². The molecule has 1 amide bonds. The van der Waals surface area contributed by atoms with E-state index in [0.29, 0.717) is 0 Å². The molecule has 3 nitrogen and oxygen atoms in total. The van der Waals surface area contributed by atoms with Crippen LogP contribution in [0.3, 0.4) is 0 Å². The molecular formula is C18H34N2O. The molecule has 0 aromatic carbocycles. The van der Waals surface area contributed by atoms with Crippen LogP contribution in [0.2, 0.25) is 0 Å². The number of rotatable bonds is 10. The summed E-state index contributed by atoms with van der Waals surface area (Å²) < 4.78 is 0. The van der Waals surface area contributed by atoms with E-state index in [1.165, 1.54) is 57.4 Å². The van der Waals surface area contributed by atoms with Gasteiger partial charge >= 0.3 is 0 Å². The SMILES string of the molecule is C=CC(=O)N1CCN(C(CCC)CCCCCCC)CC1. The Hall–Kier alpha value is -0.830. The predicted molar refractivity (Wildman–Crippen MR) is 90.4 cm³/mol. The van der Waals surface area contributed by atoms with Gasteiger partial charge < -0.3 is 4.90 Å². The fraction of sp³-hybridized carbons (Fsp3) is 0.833. The molecule has 1 rings (SSSR count). The minimum atomic E-state index is 0.0845. The quantitative estimate of drug-likeness (QED) is 0.451. The topological polar surface area (TPSA) is 23.6 Å². The van der Waals surface area contributed by atoms with Crippen LogP contribution in [0.25, 0.3) is 0 Å². The molecule has 3 heteroatoms. The molecule has 1 heterocycles. The Morgan fingerprint density at radius 1 is 1.00 bits per heavy atom. The van der Waals surface area contributed by atoms with Crippen LogP contribution in [0.15, 0.2) is 12.7 Å². The maximum atomic E-state index is 11.6. The van der Waals surface area contributed by atoms with Crippen molar-refractivity contribution in [1.29, 1.82) is 0 Å². The van der Waals surface area contributed by atoms with E-state index in [1.54, 1.807) is 0 Å². The van der Waals surface area contributed by atoms with Gasteiger partial charge in [0.15, 0.2) is 0 Å². The molecular weight excluding hydrogens is 260 g/mol. The van der Waals surface area contributed by atoms with Crippen molar-refractivity contribution in [2.75, 3.05) is 26.2 Å². The Labute approximate surface area is 131 Å². The average Bonchev–Trinajstić information content (AvgIpc) is 2.53. The molecule has 1 unspecified atom stereocenters. The summed E-state index contributed by atoms with van der Waals surface area (Å²) in [6.07, 6.45) is 12.1. The van der Waals surface area contributed by atoms with Crippen molar-refractivity contribution >= 4 is 5.91 Å². The van der Waals surface area contributed by atoms with Crippen molar-refractivity contribution in [2.24, 2.45) is 0 Å². The lowest BCUT2D eigenvalue weighted by molar-refractivity contribution is -0.128. The number of unbranched alkanes of at least 4 members (excludes halogenated alkanes) is 4. The van der Waals surface area contributed by atoms with E-state index in [0.717, 1.165) is 32.2 Å². The van der Waals surface area contributed by atoms with E-state index in [4.69, 9.17) is 0 Å². The molecule has 0 aromatic rings. The third-order valence-corrected chi connectivity index (χ3v) is 4.58. The second kappa shape index (κ2) is 10.8. The molecule has 0 aromatic heterocycles. The molecule has 0 spiro atoms. The van der Waals surface area contributed by atoms with Crippen LogP contribution in [-0.4, -0.2) is 47.9 Å². The summed E-state index contributed by atoms with van der Waals surface area (Å²) in [4.78, 5) is 16.2. The second-order valence-corrected chi connectivity index (χ2v) is 6.21. The Bertz CT molecular complexity index is 296. The Kier molecular flexibility index (Phi) is 9.40. The first kappa shape index (κ1) is 18.2. The maximum absolute atomic E-state index is 11.6. The molecule has 0 bridgehead atoms. The van der Waals surface area contributed by atoms with Gasteiger partial charge in [-0.05, 0) is 18.9 Å². The van der Waals surface area contributed by atoms with Crippen molar-refractivity contribution in [2.45, 2.75) is 71.3 Å². The van der Waals surface area contributed by atoms with E-state index < -0.39 is 0 Å². The van der Waals surface area contributed by atoms with Crippen molar-refractivity contribution in [3.8, 4) is 0 Å². The van der Waals surface area contributed by atoms with Crippen LogP contribution in [0.1, 0.15) is 65.2 Å². The molecule has 1 fully saturated rings. The Balaban J connectivity index is 2.32. The van der Waals surface area contributed by atoms with E-state index >= 15 is 0 Å². The first-order chi connectivity index (χ1) is 10.2. The highest BCUT2D eigenvalue weighted by atomic mass is 16.2.